The van der Waals surface area contributed by atoms with E-state index in [-0.39, 0.29) is 25.4 Å². The lowest BCUT2D eigenvalue weighted by atomic mass is 10.0. The smallest absolute Gasteiger partial charge is 0.315 e. The number of unbranched alkanes of at least 4 members (excludes halogenated alkanes) is 6. The van der Waals surface area contributed by atoms with E-state index >= 15 is 0 Å². The molecule has 0 rings (SSSR count). The van der Waals surface area contributed by atoms with Crippen molar-refractivity contribution in [1.82, 2.24) is 0 Å². The summed E-state index contributed by atoms with van der Waals surface area (Å²) < 4.78 is 15.1. The van der Waals surface area contributed by atoms with Crippen LogP contribution < -0.4 is 0 Å². The number of carbonyl (C=O) groups is 4. The summed E-state index contributed by atoms with van der Waals surface area (Å²) in [5.41, 5.74) is 0. The maximum atomic E-state index is 12.3. The summed E-state index contributed by atoms with van der Waals surface area (Å²) >= 11 is 0. The molecule has 174 valence electrons. The van der Waals surface area contributed by atoms with Gasteiger partial charge in [0.05, 0.1) is 5.92 Å². The van der Waals surface area contributed by atoms with E-state index in [2.05, 4.69) is 0 Å². The zero-order valence-corrected chi connectivity index (χ0v) is 18.5. The summed E-state index contributed by atoms with van der Waals surface area (Å²) in [5.74, 6) is -2.62. The highest BCUT2D eigenvalue weighted by Gasteiger charge is 2.22. The molecule has 0 aromatic carbocycles. The van der Waals surface area contributed by atoms with Crippen molar-refractivity contribution in [3.63, 3.8) is 0 Å². The molecule has 0 aliphatic carbocycles. The Balaban J connectivity index is 4.19. The molecule has 0 aromatic heterocycles. The molecule has 8 heteroatoms. The van der Waals surface area contributed by atoms with E-state index in [4.69, 9.17) is 19.3 Å². The van der Waals surface area contributed by atoms with Gasteiger partial charge in [-0.05, 0) is 25.7 Å². The van der Waals surface area contributed by atoms with Crippen molar-refractivity contribution in [2.75, 3.05) is 13.4 Å². The minimum atomic E-state index is -0.757. The van der Waals surface area contributed by atoms with E-state index in [1.165, 1.54) is 0 Å². The minimum Gasteiger partial charge on any atom is -0.481 e. The first-order chi connectivity index (χ1) is 14.4. The van der Waals surface area contributed by atoms with Gasteiger partial charge < -0.3 is 19.3 Å². The number of carboxylic acids is 1. The maximum absolute atomic E-state index is 12.3. The fraction of sp³-hybridized carbons (Fsp3) is 0.818. The van der Waals surface area contributed by atoms with E-state index in [1.54, 1.807) is 0 Å². The molecule has 1 unspecified atom stereocenters. The molecule has 0 fully saturated rings. The number of esters is 3. The van der Waals surface area contributed by atoms with Gasteiger partial charge >= 0.3 is 23.9 Å². The molecule has 0 saturated carbocycles. The molecule has 1 N–H and O–H groups in total. The van der Waals surface area contributed by atoms with Crippen LogP contribution in [0.4, 0.5) is 0 Å². The summed E-state index contributed by atoms with van der Waals surface area (Å²) in [5, 5.41) is 8.60. The van der Waals surface area contributed by atoms with Crippen molar-refractivity contribution in [3.8, 4) is 0 Å². The van der Waals surface area contributed by atoms with Crippen LogP contribution in [-0.2, 0) is 33.4 Å². The summed E-state index contributed by atoms with van der Waals surface area (Å²) in [6, 6.07) is 0. The van der Waals surface area contributed by atoms with Gasteiger partial charge in [0.15, 0.2) is 0 Å². The van der Waals surface area contributed by atoms with Gasteiger partial charge in [0.25, 0.3) is 0 Å². The van der Waals surface area contributed by atoms with E-state index in [0.717, 1.165) is 38.5 Å². The number of ether oxygens (including phenoxy) is 3. The Hall–Kier alpha value is -2.12. The molecule has 0 aromatic rings. The molecule has 1 atom stereocenters. The van der Waals surface area contributed by atoms with Gasteiger partial charge in [0, 0.05) is 19.3 Å². The second-order valence-electron chi connectivity index (χ2n) is 7.38. The Kier molecular flexibility index (Phi) is 17.5. The lowest BCUT2D eigenvalue weighted by molar-refractivity contribution is -0.172. The maximum Gasteiger partial charge on any atom is 0.315 e. The van der Waals surface area contributed by atoms with Crippen LogP contribution in [0.15, 0.2) is 0 Å². The highest BCUT2D eigenvalue weighted by molar-refractivity contribution is 5.74. The summed E-state index contributed by atoms with van der Waals surface area (Å²) in [4.78, 5) is 45.7. The first-order valence-corrected chi connectivity index (χ1v) is 11.1. The number of rotatable bonds is 19. The van der Waals surface area contributed by atoms with Crippen molar-refractivity contribution in [3.05, 3.63) is 0 Å². The zero-order valence-electron chi connectivity index (χ0n) is 18.5. The number of carboxylic acid groups (broad SMARTS) is 1. The van der Waals surface area contributed by atoms with Crippen molar-refractivity contribution in [1.29, 1.82) is 0 Å². The van der Waals surface area contributed by atoms with Crippen molar-refractivity contribution < 1.29 is 38.5 Å². The van der Waals surface area contributed by atoms with Gasteiger partial charge in [-0.25, -0.2) is 0 Å². The fourth-order valence-corrected chi connectivity index (χ4v) is 2.84. The third kappa shape index (κ3) is 16.8. The van der Waals surface area contributed by atoms with Gasteiger partial charge in [-0.2, -0.15) is 0 Å². The topological polar surface area (TPSA) is 116 Å². The molecule has 0 aliphatic rings. The predicted octanol–water partition coefficient (Wildman–Crippen LogP) is 4.39. The Bertz CT molecular complexity index is 503. The molecule has 0 bridgehead atoms. The number of aliphatic carboxylic acids is 1. The number of carbonyl (C=O) groups excluding carboxylic acids is 3. The molecular formula is C22H38O8. The van der Waals surface area contributed by atoms with Crippen molar-refractivity contribution >= 4 is 23.9 Å². The van der Waals surface area contributed by atoms with Gasteiger partial charge in [0.2, 0.25) is 6.79 Å². The normalized spacial score (nSPS) is 11.5. The largest absolute Gasteiger partial charge is 0.481 e. The summed E-state index contributed by atoms with van der Waals surface area (Å²) in [6.45, 7) is 3.27. The highest BCUT2D eigenvalue weighted by Crippen LogP contribution is 2.16. The average molecular weight is 431 g/mol. The Morgan fingerprint density at radius 1 is 0.700 bits per heavy atom. The van der Waals surface area contributed by atoms with Crippen LogP contribution in [0.1, 0.15) is 97.3 Å². The number of hydrogen-bond acceptors (Lipinski definition) is 7. The Labute approximate surface area is 179 Å². The summed E-state index contributed by atoms with van der Waals surface area (Å²) in [7, 11) is 0. The molecule has 0 heterocycles. The molecule has 0 amide bonds. The second kappa shape index (κ2) is 18.9. The third-order valence-corrected chi connectivity index (χ3v) is 4.55. The highest BCUT2D eigenvalue weighted by atomic mass is 16.7. The SMILES string of the molecule is CCCC(=O)OCOC(=O)C(CCCCCCCCCC(=O)O)COC(=O)CCC. The van der Waals surface area contributed by atoms with E-state index in [0.29, 0.717) is 32.1 Å². The quantitative estimate of drug-likeness (QED) is 0.182. The summed E-state index contributed by atoms with van der Waals surface area (Å²) in [6.07, 6.45) is 8.99. The van der Waals surface area contributed by atoms with Crippen LogP contribution in [0.2, 0.25) is 0 Å². The molecular weight excluding hydrogens is 392 g/mol. The lowest BCUT2D eigenvalue weighted by Gasteiger charge is -2.16. The monoisotopic (exact) mass is 430 g/mol. The van der Waals surface area contributed by atoms with Crippen LogP contribution in [0, 0.1) is 5.92 Å². The molecule has 30 heavy (non-hydrogen) atoms. The van der Waals surface area contributed by atoms with Gasteiger partial charge in [-0.1, -0.05) is 52.4 Å². The first kappa shape index (κ1) is 27.9. The fourth-order valence-electron chi connectivity index (χ4n) is 2.84. The number of hydrogen-bond donors (Lipinski definition) is 1. The van der Waals surface area contributed by atoms with E-state index < -0.39 is 30.6 Å². The molecule has 0 saturated heterocycles. The second-order valence-corrected chi connectivity index (χ2v) is 7.38. The average Bonchev–Trinajstić information content (AvgIpc) is 2.69. The third-order valence-electron chi connectivity index (χ3n) is 4.55. The van der Waals surface area contributed by atoms with Crippen molar-refractivity contribution in [2.45, 2.75) is 97.3 Å². The lowest BCUT2D eigenvalue weighted by Crippen LogP contribution is -2.25. The Morgan fingerprint density at radius 2 is 1.23 bits per heavy atom. The van der Waals surface area contributed by atoms with Gasteiger partial charge in [-0.3, -0.25) is 19.2 Å². The van der Waals surface area contributed by atoms with Gasteiger partial charge in [0.1, 0.15) is 6.61 Å². The van der Waals surface area contributed by atoms with Gasteiger partial charge in [-0.15, -0.1) is 0 Å². The van der Waals surface area contributed by atoms with Crippen LogP contribution in [0.25, 0.3) is 0 Å². The van der Waals surface area contributed by atoms with E-state index in [1.807, 2.05) is 13.8 Å². The van der Waals surface area contributed by atoms with Crippen LogP contribution in [-0.4, -0.2) is 42.4 Å². The molecule has 0 radical (unpaired) electrons. The molecule has 0 spiro atoms. The molecule has 8 nitrogen and oxygen atoms in total. The van der Waals surface area contributed by atoms with E-state index in [9.17, 15) is 19.2 Å². The van der Waals surface area contributed by atoms with Crippen molar-refractivity contribution in [2.24, 2.45) is 5.92 Å². The van der Waals surface area contributed by atoms with Crippen LogP contribution in [0.3, 0.4) is 0 Å². The predicted molar refractivity (Wildman–Crippen MR) is 111 cm³/mol. The minimum absolute atomic E-state index is 0.0320. The van der Waals surface area contributed by atoms with Crippen LogP contribution >= 0.6 is 0 Å². The zero-order chi connectivity index (χ0) is 22.6. The molecule has 0 aliphatic heterocycles. The standard InChI is InChI=1S/C22H38O8/c1-3-12-20(25)28-16-18(22(27)30-17-29-21(26)13-4-2)14-10-8-6-5-7-9-11-15-19(23)24/h18H,3-17H2,1-2H3,(H,23,24). The first-order valence-electron chi connectivity index (χ1n) is 11.1. The Morgan fingerprint density at radius 3 is 1.80 bits per heavy atom. The van der Waals surface area contributed by atoms with Crippen LogP contribution in [0.5, 0.6) is 0 Å².